The van der Waals surface area contributed by atoms with Gasteiger partial charge in [-0.25, -0.2) is 4.57 Å². The summed E-state index contributed by atoms with van der Waals surface area (Å²) in [5, 5.41) is 0. The highest BCUT2D eigenvalue weighted by molar-refractivity contribution is 7.47. The van der Waals surface area contributed by atoms with Gasteiger partial charge in [0.25, 0.3) is 0 Å². The van der Waals surface area contributed by atoms with Crippen LogP contribution in [0.2, 0.25) is 0 Å². The van der Waals surface area contributed by atoms with Gasteiger partial charge in [0.2, 0.25) is 0 Å². The molecule has 0 bridgehead atoms. The average molecular weight is 405 g/mol. The first-order valence-corrected chi connectivity index (χ1v) is 13.3. The molecule has 1 aliphatic rings. The van der Waals surface area contributed by atoms with E-state index >= 15 is 0 Å². The van der Waals surface area contributed by atoms with Crippen molar-refractivity contribution in [2.24, 2.45) is 0 Å². The second kappa shape index (κ2) is 17.0. The Morgan fingerprint density at radius 1 is 0.741 bits per heavy atom. The van der Waals surface area contributed by atoms with Crippen molar-refractivity contribution >= 4 is 7.82 Å². The lowest BCUT2D eigenvalue weighted by molar-refractivity contribution is 0.106. The van der Waals surface area contributed by atoms with Gasteiger partial charge in [-0.1, -0.05) is 110 Å². The van der Waals surface area contributed by atoms with Crippen LogP contribution in [-0.2, 0) is 13.6 Å². The summed E-state index contributed by atoms with van der Waals surface area (Å²) >= 11 is 0. The van der Waals surface area contributed by atoms with Crippen LogP contribution in [0.1, 0.15) is 129 Å². The van der Waals surface area contributed by atoms with Gasteiger partial charge < -0.3 is 4.89 Å². The maximum absolute atomic E-state index is 11.8. The van der Waals surface area contributed by atoms with E-state index in [1.807, 2.05) is 0 Å². The summed E-state index contributed by atoms with van der Waals surface area (Å²) in [4.78, 5) is 9.70. The number of unbranched alkanes of at least 4 members (excludes halogenated alkanes) is 14. The molecule has 1 unspecified atom stereocenters. The molecule has 5 heteroatoms. The summed E-state index contributed by atoms with van der Waals surface area (Å²) in [7, 11) is -3.83. The molecule has 162 valence electrons. The highest BCUT2D eigenvalue weighted by Crippen LogP contribution is 2.47. The number of phosphoric acid groups is 1. The van der Waals surface area contributed by atoms with Crippen LogP contribution in [0.3, 0.4) is 0 Å². The Labute approximate surface area is 168 Å². The van der Waals surface area contributed by atoms with Crippen molar-refractivity contribution in [1.82, 2.24) is 0 Å². The molecule has 0 aromatic rings. The first kappa shape index (κ1) is 25.1. The topological polar surface area (TPSA) is 55.8 Å². The molecule has 0 spiro atoms. The molecule has 0 aliphatic heterocycles. The Morgan fingerprint density at radius 2 is 1.15 bits per heavy atom. The van der Waals surface area contributed by atoms with Crippen molar-refractivity contribution in [2.75, 3.05) is 6.61 Å². The Morgan fingerprint density at radius 3 is 1.59 bits per heavy atom. The van der Waals surface area contributed by atoms with E-state index in [9.17, 15) is 9.46 Å². The Bertz CT molecular complexity index is 369. The molecular weight excluding hydrogens is 359 g/mol. The third kappa shape index (κ3) is 15.7. The van der Waals surface area contributed by atoms with Crippen molar-refractivity contribution in [3.8, 4) is 0 Å². The second-order valence-corrected chi connectivity index (χ2v) is 9.67. The molecule has 0 amide bonds. The van der Waals surface area contributed by atoms with Gasteiger partial charge in [0, 0.05) is 0 Å². The molecule has 0 radical (unpaired) electrons. The van der Waals surface area contributed by atoms with Crippen LogP contribution >= 0.6 is 7.82 Å². The van der Waals surface area contributed by atoms with Crippen LogP contribution in [0.5, 0.6) is 0 Å². The number of hydrogen-bond acceptors (Lipinski definition) is 3. The predicted octanol–water partition coefficient (Wildman–Crippen LogP) is 7.93. The van der Waals surface area contributed by atoms with Crippen LogP contribution in [0.4, 0.5) is 0 Å². The minimum absolute atomic E-state index is 0.0816. The Kier molecular flexibility index (Phi) is 15.8. The fourth-order valence-electron chi connectivity index (χ4n) is 3.87. The smallest absolute Gasteiger partial charge is 0.302 e. The molecule has 1 saturated carbocycles. The van der Waals surface area contributed by atoms with Gasteiger partial charge in [0.1, 0.15) is 0 Å². The monoisotopic (exact) mass is 404 g/mol. The van der Waals surface area contributed by atoms with Gasteiger partial charge in [0.15, 0.2) is 0 Å². The average Bonchev–Trinajstić information content (AvgIpc) is 3.13. The van der Waals surface area contributed by atoms with Crippen molar-refractivity contribution in [2.45, 2.75) is 135 Å². The molecule has 0 saturated heterocycles. The van der Waals surface area contributed by atoms with Crippen LogP contribution < -0.4 is 0 Å². The quantitative estimate of drug-likeness (QED) is 0.175. The first-order chi connectivity index (χ1) is 13.1. The molecule has 27 heavy (non-hydrogen) atoms. The van der Waals surface area contributed by atoms with Crippen molar-refractivity contribution < 1.29 is 18.5 Å². The fourth-order valence-corrected chi connectivity index (χ4v) is 4.87. The first-order valence-electron chi connectivity index (χ1n) is 11.8. The third-order valence-corrected chi connectivity index (χ3v) is 6.66. The normalized spacial score (nSPS) is 17.4. The van der Waals surface area contributed by atoms with E-state index in [-0.39, 0.29) is 6.10 Å². The largest absolute Gasteiger partial charge is 0.472 e. The molecule has 1 N–H and O–H groups in total. The maximum Gasteiger partial charge on any atom is 0.472 e. The lowest BCUT2D eigenvalue weighted by Gasteiger charge is -2.16. The van der Waals surface area contributed by atoms with E-state index in [2.05, 4.69) is 6.92 Å². The molecule has 1 fully saturated rings. The summed E-state index contributed by atoms with van der Waals surface area (Å²) in [6.45, 7) is 2.60. The standard InChI is InChI=1S/C22H45O4P/c1-2-3-4-5-6-7-8-9-10-11-12-13-14-15-18-21-25-27(23,24)26-22-19-16-17-20-22/h22H,2-21H2,1H3,(H,23,24). The van der Waals surface area contributed by atoms with Gasteiger partial charge >= 0.3 is 7.82 Å². The highest BCUT2D eigenvalue weighted by atomic mass is 31.2. The zero-order valence-corrected chi connectivity index (χ0v) is 18.7. The maximum atomic E-state index is 11.8. The zero-order valence-electron chi connectivity index (χ0n) is 17.8. The third-order valence-electron chi connectivity index (χ3n) is 5.59. The SMILES string of the molecule is CCCCCCCCCCCCCCCCCOP(=O)(O)OC1CCCC1. The van der Waals surface area contributed by atoms with E-state index in [1.165, 1.54) is 83.5 Å². The summed E-state index contributed by atoms with van der Waals surface area (Å²) in [5.74, 6) is 0. The predicted molar refractivity (Wildman–Crippen MR) is 114 cm³/mol. The Balaban J connectivity index is 1.77. The van der Waals surface area contributed by atoms with Crippen molar-refractivity contribution in [3.63, 3.8) is 0 Å². The summed E-state index contributed by atoms with van der Waals surface area (Å²) in [6, 6.07) is 0. The molecule has 0 aromatic heterocycles. The van der Waals surface area contributed by atoms with Crippen LogP contribution in [0, 0.1) is 0 Å². The molecule has 1 atom stereocenters. The molecule has 0 heterocycles. The Hall–Kier alpha value is 0.110. The van der Waals surface area contributed by atoms with E-state index in [0.29, 0.717) is 6.61 Å². The van der Waals surface area contributed by atoms with Crippen molar-refractivity contribution in [3.05, 3.63) is 0 Å². The number of rotatable bonds is 19. The summed E-state index contributed by atoms with van der Waals surface area (Å²) < 4.78 is 22.1. The van der Waals surface area contributed by atoms with Gasteiger partial charge in [-0.15, -0.1) is 0 Å². The van der Waals surface area contributed by atoms with Gasteiger partial charge in [-0.05, 0) is 19.3 Å². The van der Waals surface area contributed by atoms with Gasteiger partial charge in [-0.3, -0.25) is 9.05 Å². The van der Waals surface area contributed by atoms with Crippen LogP contribution in [-0.4, -0.2) is 17.6 Å². The molecule has 1 rings (SSSR count). The molecule has 0 aromatic carbocycles. The molecule has 1 aliphatic carbocycles. The van der Waals surface area contributed by atoms with E-state index in [4.69, 9.17) is 9.05 Å². The van der Waals surface area contributed by atoms with E-state index in [0.717, 1.165) is 38.5 Å². The van der Waals surface area contributed by atoms with Crippen LogP contribution in [0.15, 0.2) is 0 Å². The minimum atomic E-state index is -3.83. The minimum Gasteiger partial charge on any atom is -0.302 e. The summed E-state index contributed by atoms with van der Waals surface area (Å²) in [6.07, 6.45) is 23.5. The van der Waals surface area contributed by atoms with Gasteiger partial charge in [0.05, 0.1) is 12.7 Å². The molecule has 4 nitrogen and oxygen atoms in total. The highest BCUT2D eigenvalue weighted by Gasteiger charge is 2.28. The number of hydrogen-bond donors (Lipinski definition) is 1. The van der Waals surface area contributed by atoms with E-state index in [1.54, 1.807) is 0 Å². The number of phosphoric ester groups is 1. The fraction of sp³-hybridized carbons (Fsp3) is 1.00. The zero-order chi connectivity index (χ0) is 19.6. The summed E-state index contributed by atoms with van der Waals surface area (Å²) in [5.41, 5.74) is 0. The van der Waals surface area contributed by atoms with E-state index < -0.39 is 7.82 Å². The molecular formula is C22H45O4P. The van der Waals surface area contributed by atoms with Crippen molar-refractivity contribution in [1.29, 1.82) is 0 Å². The second-order valence-electron chi connectivity index (χ2n) is 8.26. The van der Waals surface area contributed by atoms with Crippen LogP contribution in [0.25, 0.3) is 0 Å². The van der Waals surface area contributed by atoms with Gasteiger partial charge in [-0.2, -0.15) is 0 Å². The lowest BCUT2D eigenvalue weighted by Crippen LogP contribution is -2.07. The lowest BCUT2D eigenvalue weighted by atomic mass is 10.0.